The number of nitrogens with one attached hydrogen (secondary N) is 2. The predicted molar refractivity (Wildman–Crippen MR) is 179 cm³/mol. The number of benzene rings is 3. The van der Waals surface area contributed by atoms with Crippen molar-refractivity contribution in [1.29, 1.82) is 0 Å². The van der Waals surface area contributed by atoms with Crippen LogP contribution in [0.5, 0.6) is 0 Å². The SMILES string of the molecule is CCCN(CCC)C(=O)c1cc(C(N)=O)cc(C(=O)N[C@@H](Cc2ccccc2)[C@@H](O)[C@H](O)[C@@H](CCOC)NC(=O)c2ccccc2)c1. The zero-order valence-corrected chi connectivity index (χ0v) is 27.2. The van der Waals surface area contributed by atoms with Gasteiger partial charge in [0.2, 0.25) is 5.91 Å². The number of amides is 4. The Morgan fingerprint density at radius 1 is 0.745 bits per heavy atom. The molecule has 3 aromatic carbocycles. The standard InChI is InChI=1S/C36H46N4O7/c1-4-17-40(18-5-2)36(46)28-22-26(33(37)43)21-27(23-28)35(45)39-30(20-24-12-8-6-9-13-24)32(42)31(41)29(16-19-47-3)38-34(44)25-14-10-7-11-15-25/h6-15,21-23,29-32,41-42H,4-5,16-20H2,1-3H3,(H2,37,43)(H,38,44)(H,39,45)/t29-,30+,31-,32-/m1/s1. The van der Waals surface area contributed by atoms with Crippen LogP contribution >= 0.6 is 0 Å². The van der Waals surface area contributed by atoms with Gasteiger partial charge in [-0.15, -0.1) is 0 Å². The number of nitrogens with two attached hydrogens (primary N) is 1. The summed E-state index contributed by atoms with van der Waals surface area (Å²) in [5, 5.41) is 28.6. The van der Waals surface area contributed by atoms with Crippen molar-refractivity contribution in [1.82, 2.24) is 15.5 Å². The fourth-order valence-corrected chi connectivity index (χ4v) is 5.33. The van der Waals surface area contributed by atoms with E-state index in [1.165, 1.54) is 25.3 Å². The molecular formula is C36H46N4O7. The minimum Gasteiger partial charge on any atom is -0.388 e. The summed E-state index contributed by atoms with van der Waals surface area (Å²) < 4.78 is 5.19. The van der Waals surface area contributed by atoms with E-state index in [4.69, 9.17) is 10.5 Å². The maximum Gasteiger partial charge on any atom is 0.253 e. The summed E-state index contributed by atoms with van der Waals surface area (Å²) in [6.07, 6.45) is -1.31. The molecule has 0 aliphatic rings. The van der Waals surface area contributed by atoms with Crippen molar-refractivity contribution in [2.45, 2.75) is 63.8 Å². The maximum atomic E-state index is 13.8. The minimum absolute atomic E-state index is 0.00865. The number of nitrogens with zero attached hydrogens (tertiary/aromatic N) is 1. The lowest BCUT2D eigenvalue weighted by atomic mass is 9.92. The number of methoxy groups -OCH3 is 1. The van der Waals surface area contributed by atoms with Gasteiger partial charge in [-0.1, -0.05) is 62.4 Å². The van der Waals surface area contributed by atoms with Crippen LogP contribution in [0.1, 0.15) is 80.1 Å². The molecule has 0 spiro atoms. The normalized spacial score (nSPS) is 13.6. The Kier molecular flexibility index (Phi) is 14.5. The molecule has 11 nitrogen and oxygen atoms in total. The molecule has 11 heteroatoms. The number of carbonyl (C=O) groups excluding carboxylic acids is 4. The van der Waals surface area contributed by atoms with Gasteiger partial charge >= 0.3 is 0 Å². The smallest absolute Gasteiger partial charge is 0.253 e. The highest BCUT2D eigenvalue weighted by atomic mass is 16.5. The van der Waals surface area contributed by atoms with Gasteiger partial charge in [-0.05, 0) is 61.6 Å². The molecule has 0 fully saturated rings. The van der Waals surface area contributed by atoms with Crippen molar-refractivity contribution >= 4 is 23.6 Å². The minimum atomic E-state index is -1.55. The van der Waals surface area contributed by atoms with Crippen LogP contribution in [0.3, 0.4) is 0 Å². The number of hydrogen-bond acceptors (Lipinski definition) is 7. The fourth-order valence-electron chi connectivity index (χ4n) is 5.33. The van der Waals surface area contributed by atoms with Crippen molar-refractivity contribution in [3.63, 3.8) is 0 Å². The van der Waals surface area contributed by atoms with Crippen LogP contribution in [-0.4, -0.2) is 89.8 Å². The maximum absolute atomic E-state index is 13.8. The molecule has 3 rings (SSSR count). The number of ether oxygens (including phenoxy) is 1. The van der Waals surface area contributed by atoms with E-state index in [2.05, 4.69) is 10.6 Å². The largest absolute Gasteiger partial charge is 0.388 e. The van der Waals surface area contributed by atoms with E-state index in [1.54, 1.807) is 35.2 Å². The van der Waals surface area contributed by atoms with Crippen LogP contribution < -0.4 is 16.4 Å². The average Bonchev–Trinajstić information content (AvgIpc) is 3.09. The summed E-state index contributed by atoms with van der Waals surface area (Å²) in [6.45, 7) is 5.10. The fraction of sp³-hybridized carbons (Fsp3) is 0.389. The molecule has 0 aromatic heterocycles. The molecule has 0 radical (unpaired) electrons. The molecule has 47 heavy (non-hydrogen) atoms. The van der Waals surface area contributed by atoms with Gasteiger partial charge < -0.3 is 36.2 Å². The number of primary amides is 1. The molecule has 0 saturated carbocycles. The Hall–Kier alpha value is -4.58. The molecule has 252 valence electrons. The number of aliphatic hydroxyl groups excluding tert-OH is 2. The van der Waals surface area contributed by atoms with E-state index in [1.807, 2.05) is 44.2 Å². The van der Waals surface area contributed by atoms with Crippen LogP contribution in [0.4, 0.5) is 0 Å². The summed E-state index contributed by atoms with van der Waals surface area (Å²) in [5.74, 6) is -2.27. The third-order valence-electron chi connectivity index (χ3n) is 7.78. The molecular weight excluding hydrogens is 600 g/mol. The van der Waals surface area contributed by atoms with E-state index < -0.39 is 42.0 Å². The van der Waals surface area contributed by atoms with Gasteiger partial charge in [-0.3, -0.25) is 19.2 Å². The number of rotatable bonds is 18. The Bertz CT molecular complexity index is 1460. The first-order chi connectivity index (χ1) is 22.6. The first-order valence-electron chi connectivity index (χ1n) is 15.9. The Balaban J connectivity index is 1.94. The van der Waals surface area contributed by atoms with Crippen LogP contribution in [0.15, 0.2) is 78.9 Å². The Morgan fingerprint density at radius 2 is 1.26 bits per heavy atom. The Morgan fingerprint density at radius 3 is 1.83 bits per heavy atom. The zero-order chi connectivity index (χ0) is 34.3. The van der Waals surface area contributed by atoms with Gasteiger partial charge in [-0.25, -0.2) is 0 Å². The van der Waals surface area contributed by atoms with E-state index >= 15 is 0 Å². The first kappa shape index (κ1) is 36.9. The monoisotopic (exact) mass is 646 g/mol. The molecule has 3 aromatic rings. The van der Waals surface area contributed by atoms with Crippen molar-refractivity contribution in [2.24, 2.45) is 5.73 Å². The summed E-state index contributed by atoms with van der Waals surface area (Å²) in [7, 11) is 1.49. The molecule has 0 unspecified atom stereocenters. The van der Waals surface area contributed by atoms with Crippen LogP contribution in [-0.2, 0) is 11.2 Å². The Labute approximate surface area is 276 Å². The molecule has 0 aliphatic carbocycles. The van der Waals surface area contributed by atoms with Gasteiger partial charge in [-0.2, -0.15) is 0 Å². The highest BCUT2D eigenvalue weighted by Gasteiger charge is 2.34. The lowest BCUT2D eigenvalue weighted by Gasteiger charge is -2.33. The van der Waals surface area contributed by atoms with Crippen molar-refractivity contribution in [2.75, 3.05) is 26.8 Å². The van der Waals surface area contributed by atoms with Gasteiger partial charge in [0.15, 0.2) is 0 Å². The third-order valence-corrected chi connectivity index (χ3v) is 7.78. The van der Waals surface area contributed by atoms with E-state index in [0.717, 1.165) is 18.4 Å². The number of carbonyl (C=O) groups is 4. The topological polar surface area (TPSA) is 171 Å². The van der Waals surface area contributed by atoms with E-state index in [9.17, 15) is 29.4 Å². The second kappa shape index (κ2) is 18.5. The quantitative estimate of drug-likeness (QED) is 0.141. The van der Waals surface area contributed by atoms with Crippen LogP contribution in [0, 0.1) is 0 Å². The molecule has 0 heterocycles. The summed E-state index contributed by atoms with van der Waals surface area (Å²) in [6, 6.07) is 19.6. The lowest BCUT2D eigenvalue weighted by molar-refractivity contribution is -0.0268. The number of hydrogen-bond donors (Lipinski definition) is 5. The molecule has 0 saturated heterocycles. The summed E-state index contributed by atoms with van der Waals surface area (Å²) >= 11 is 0. The molecule has 4 atom stereocenters. The predicted octanol–water partition coefficient (Wildman–Crippen LogP) is 2.95. The summed E-state index contributed by atoms with van der Waals surface area (Å²) in [4.78, 5) is 54.1. The second-order valence-corrected chi connectivity index (χ2v) is 11.4. The molecule has 0 aliphatic heterocycles. The van der Waals surface area contributed by atoms with Crippen LogP contribution in [0.2, 0.25) is 0 Å². The van der Waals surface area contributed by atoms with Crippen molar-refractivity contribution < 1.29 is 34.1 Å². The average molecular weight is 647 g/mol. The van der Waals surface area contributed by atoms with Gasteiger partial charge in [0, 0.05) is 49.1 Å². The van der Waals surface area contributed by atoms with Crippen molar-refractivity contribution in [3.8, 4) is 0 Å². The van der Waals surface area contributed by atoms with Crippen LogP contribution in [0.25, 0.3) is 0 Å². The highest BCUT2D eigenvalue weighted by Crippen LogP contribution is 2.18. The van der Waals surface area contributed by atoms with Crippen molar-refractivity contribution in [3.05, 3.63) is 107 Å². The molecule has 0 bridgehead atoms. The molecule has 6 N–H and O–H groups in total. The van der Waals surface area contributed by atoms with Gasteiger partial charge in [0.1, 0.15) is 12.2 Å². The highest BCUT2D eigenvalue weighted by molar-refractivity contribution is 6.04. The lowest BCUT2D eigenvalue weighted by Crippen LogP contribution is -2.57. The second-order valence-electron chi connectivity index (χ2n) is 11.4. The van der Waals surface area contributed by atoms with Gasteiger partial charge in [0.25, 0.3) is 17.7 Å². The number of aliphatic hydroxyl groups is 2. The van der Waals surface area contributed by atoms with E-state index in [-0.39, 0.29) is 42.0 Å². The van der Waals surface area contributed by atoms with E-state index in [0.29, 0.717) is 18.7 Å². The summed E-state index contributed by atoms with van der Waals surface area (Å²) in [5.41, 5.74) is 6.83. The third kappa shape index (κ3) is 10.7. The zero-order valence-electron chi connectivity index (χ0n) is 27.2. The first-order valence-corrected chi connectivity index (χ1v) is 15.9. The molecule has 4 amide bonds. The van der Waals surface area contributed by atoms with Gasteiger partial charge in [0.05, 0.1) is 12.1 Å².